The van der Waals surface area contributed by atoms with Gasteiger partial charge in [-0.15, -0.1) is 0 Å². The minimum Gasteiger partial charge on any atom is -0.495 e. The summed E-state index contributed by atoms with van der Waals surface area (Å²) in [6.45, 7) is 2.77. The van der Waals surface area contributed by atoms with Gasteiger partial charge >= 0.3 is 0 Å². The van der Waals surface area contributed by atoms with E-state index >= 15 is 0 Å². The van der Waals surface area contributed by atoms with Gasteiger partial charge in [-0.2, -0.15) is 0 Å². The monoisotopic (exact) mass is 526 g/mol. The van der Waals surface area contributed by atoms with Gasteiger partial charge in [-0.25, -0.2) is 8.42 Å². The van der Waals surface area contributed by atoms with Crippen molar-refractivity contribution in [3.05, 3.63) is 63.2 Å². The highest BCUT2D eigenvalue weighted by molar-refractivity contribution is 7.92. The first-order valence-corrected chi connectivity index (χ1v) is 12.7. The molecule has 2 aromatic rings. The smallest absolute Gasteiger partial charge is 0.271 e. The molecule has 0 aromatic heterocycles. The van der Waals surface area contributed by atoms with Crippen LogP contribution >= 0.6 is 11.6 Å². The fourth-order valence-electron chi connectivity index (χ4n) is 3.30. The Balaban J connectivity index is 2.53. The van der Waals surface area contributed by atoms with E-state index in [1.165, 1.54) is 25.0 Å². The first kappa shape index (κ1) is 27.9. The van der Waals surface area contributed by atoms with Gasteiger partial charge in [-0.1, -0.05) is 29.8 Å². The number of halogens is 1. The summed E-state index contributed by atoms with van der Waals surface area (Å²) in [5.41, 5.74) is -0.0103. The lowest BCUT2D eigenvalue weighted by molar-refractivity contribution is -0.384. The van der Waals surface area contributed by atoms with Crippen LogP contribution in [0.1, 0.15) is 19.4 Å². The highest BCUT2D eigenvalue weighted by atomic mass is 35.5. The zero-order chi connectivity index (χ0) is 26.3. The standard InChI is InChI=1S/C22H27ClN4O7S/c1-5-24-22(29)15(2)25(13-16-8-6-7-9-18(16)23)21(28)14-26(35(4,32)33)19-12-17(27(30)31)10-11-20(19)34-3/h6-12,15H,5,13-14H2,1-4H3,(H,24,29)/t15-/m1/s1. The molecule has 11 nitrogen and oxygen atoms in total. The van der Waals surface area contributed by atoms with E-state index in [1.54, 1.807) is 31.2 Å². The Labute approximate surface area is 208 Å². The molecular formula is C22H27ClN4O7S. The third-order valence-electron chi connectivity index (χ3n) is 5.14. The Morgan fingerprint density at radius 2 is 1.89 bits per heavy atom. The van der Waals surface area contributed by atoms with Gasteiger partial charge in [0.2, 0.25) is 21.8 Å². The highest BCUT2D eigenvalue weighted by Crippen LogP contribution is 2.34. The molecular weight excluding hydrogens is 500 g/mol. The zero-order valence-corrected chi connectivity index (χ0v) is 21.3. The van der Waals surface area contributed by atoms with Gasteiger partial charge in [-0.3, -0.25) is 24.0 Å². The van der Waals surface area contributed by atoms with E-state index in [1.807, 2.05) is 0 Å². The SMILES string of the molecule is CCNC(=O)[C@@H](C)N(Cc1ccccc1Cl)C(=O)CN(c1cc([N+](=O)[O-])ccc1OC)S(C)(=O)=O. The summed E-state index contributed by atoms with van der Waals surface area (Å²) in [6, 6.07) is 9.20. The topological polar surface area (TPSA) is 139 Å². The van der Waals surface area contributed by atoms with Crippen LogP contribution in [0.4, 0.5) is 11.4 Å². The molecule has 2 amide bonds. The maximum Gasteiger partial charge on any atom is 0.271 e. The number of hydrogen-bond acceptors (Lipinski definition) is 7. The van der Waals surface area contributed by atoms with Crippen LogP contribution in [0.2, 0.25) is 5.02 Å². The van der Waals surface area contributed by atoms with Crippen LogP contribution in [0.3, 0.4) is 0 Å². The second kappa shape index (κ2) is 11.8. The molecule has 0 saturated heterocycles. The third-order valence-corrected chi connectivity index (χ3v) is 6.63. The molecule has 2 rings (SSSR count). The van der Waals surface area contributed by atoms with Crippen LogP contribution < -0.4 is 14.4 Å². The Bertz CT molecular complexity index is 1210. The number of carbonyl (C=O) groups is 2. The number of nitro benzene ring substituents is 1. The fourth-order valence-corrected chi connectivity index (χ4v) is 4.34. The number of nitrogens with zero attached hydrogens (tertiary/aromatic N) is 3. The van der Waals surface area contributed by atoms with Gasteiger partial charge in [0.25, 0.3) is 5.69 Å². The Kier molecular flexibility index (Phi) is 9.43. The van der Waals surface area contributed by atoms with E-state index in [2.05, 4.69) is 5.32 Å². The summed E-state index contributed by atoms with van der Waals surface area (Å²) in [4.78, 5) is 37.8. The van der Waals surface area contributed by atoms with Gasteiger partial charge in [-0.05, 0) is 31.5 Å². The lowest BCUT2D eigenvalue weighted by Crippen LogP contribution is -2.51. The first-order valence-electron chi connectivity index (χ1n) is 10.5. The molecule has 190 valence electrons. The molecule has 0 aliphatic rings. The minimum atomic E-state index is -4.10. The number of nitro groups is 1. The summed E-state index contributed by atoms with van der Waals surface area (Å²) < 4.78 is 31.3. The molecule has 35 heavy (non-hydrogen) atoms. The average Bonchev–Trinajstić information content (AvgIpc) is 2.80. The molecule has 0 fully saturated rings. The van der Waals surface area contributed by atoms with Gasteiger partial charge in [0.15, 0.2) is 0 Å². The normalized spacial score (nSPS) is 11.9. The molecule has 0 aliphatic carbocycles. The van der Waals surface area contributed by atoms with Gasteiger partial charge < -0.3 is 15.0 Å². The first-order chi connectivity index (χ1) is 16.4. The van der Waals surface area contributed by atoms with Crippen molar-refractivity contribution in [2.45, 2.75) is 26.4 Å². The van der Waals surface area contributed by atoms with Crippen molar-refractivity contribution < 1.29 is 27.7 Å². The number of methoxy groups -OCH3 is 1. The second-order valence-electron chi connectivity index (χ2n) is 7.57. The predicted molar refractivity (Wildman–Crippen MR) is 132 cm³/mol. The number of ether oxygens (including phenoxy) is 1. The van der Waals surface area contributed by atoms with E-state index in [9.17, 15) is 28.1 Å². The number of hydrogen-bond donors (Lipinski definition) is 1. The summed E-state index contributed by atoms with van der Waals surface area (Å²) in [6.07, 6.45) is 0.865. The van der Waals surface area contributed by atoms with Crippen LogP contribution in [-0.4, -0.2) is 62.6 Å². The summed E-state index contributed by atoms with van der Waals surface area (Å²) in [5, 5.41) is 14.3. The zero-order valence-electron chi connectivity index (χ0n) is 19.7. The maximum absolute atomic E-state index is 13.5. The number of likely N-dealkylation sites (N-methyl/N-ethyl adjacent to an activating group) is 1. The van der Waals surface area contributed by atoms with E-state index < -0.39 is 39.3 Å². The number of nitrogens with one attached hydrogen (secondary N) is 1. The molecule has 0 heterocycles. The highest BCUT2D eigenvalue weighted by Gasteiger charge is 2.32. The van der Waals surface area contributed by atoms with Crippen molar-refractivity contribution in [1.82, 2.24) is 10.2 Å². The molecule has 2 aromatic carbocycles. The molecule has 13 heteroatoms. The number of non-ortho nitro benzene ring substituents is 1. The quantitative estimate of drug-likeness (QED) is 0.350. The predicted octanol–water partition coefficient (Wildman–Crippen LogP) is 2.58. The largest absolute Gasteiger partial charge is 0.495 e. The molecule has 1 atom stereocenters. The summed E-state index contributed by atoms with van der Waals surface area (Å²) in [7, 11) is -2.83. The van der Waals surface area contributed by atoms with Crippen molar-refractivity contribution in [3.8, 4) is 5.75 Å². The minimum absolute atomic E-state index is 0.0169. The van der Waals surface area contributed by atoms with Crippen LogP contribution in [0.5, 0.6) is 5.75 Å². The van der Waals surface area contributed by atoms with Crippen LogP contribution in [0.25, 0.3) is 0 Å². The van der Waals surface area contributed by atoms with Crippen molar-refractivity contribution in [1.29, 1.82) is 0 Å². The Morgan fingerprint density at radius 1 is 1.23 bits per heavy atom. The summed E-state index contributed by atoms with van der Waals surface area (Å²) in [5.74, 6) is -1.14. The van der Waals surface area contributed by atoms with Gasteiger partial charge in [0.1, 0.15) is 24.0 Å². The van der Waals surface area contributed by atoms with Crippen LogP contribution in [-0.2, 0) is 26.2 Å². The average molecular weight is 527 g/mol. The molecule has 0 radical (unpaired) electrons. The maximum atomic E-state index is 13.5. The third kappa shape index (κ3) is 7.06. The molecule has 1 N–H and O–H groups in total. The number of carbonyl (C=O) groups excluding carboxylic acids is 2. The Morgan fingerprint density at radius 3 is 2.43 bits per heavy atom. The fraction of sp³-hybridized carbons (Fsp3) is 0.364. The van der Waals surface area contributed by atoms with Crippen LogP contribution in [0, 0.1) is 10.1 Å². The summed E-state index contributed by atoms with van der Waals surface area (Å²) >= 11 is 6.25. The molecule has 0 unspecified atom stereocenters. The van der Waals surface area contributed by atoms with Crippen molar-refractivity contribution in [2.75, 3.05) is 30.8 Å². The number of amides is 2. The van der Waals surface area contributed by atoms with Crippen LogP contribution in [0.15, 0.2) is 42.5 Å². The molecule has 0 bridgehead atoms. The number of sulfonamides is 1. The Hall–Kier alpha value is -3.38. The van der Waals surface area contributed by atoms with Crippen molar-refractivity contribution in [2.24, 2.45) is 0 Å². The number of rotatable bonds is 11. The molecule has 0 aliphatic heterocycles. The molecule has 0 saturated carbocycles. The second-order valence-corrected chi connectivity index (χ2v) is 9.88. The van der Waals surface area contributed by atoms with E-state index in [-0.39, 0.29) is 23.7 Å². The van der Waals surface area contributed by atoms with E-state index in [0.717, 1.165) is 18.4 Å². The van der Waals surface area contributed by atoms with Crippen molar-refractivity contribution >= 4 is 44.8 Å². The van der Waals surface area contributed by atoms with Gasteiger partial charge in [0, 0.05) is 30.2 Å². The van der Waals surface area contributed by atoms with Gasteiger partial charge in [0.05, 0.1) is 18.3 Å². The molecule has 0 spiro atoms. The van der Waals surface area contributed by atoms with Crippen molar-refractivity contribution in [3.63, 3.8) is 0 Å². The number of benzene rings is 2. The lowest BCUT2D eigenvalue weighted by atomic mass is 10.1. The van der Waals surface area contributed by atoms with E-state index in [0.29, 0.717) is 21.4 Å². The van der Waals surface area contributed by atoms with E-state index in [4.69, 9.17) is 16.3 Å². The number of anilines is 1. The lowest BCUT2D eigenvalue weighted by Gasteiger charge is -2.31.